The van der Waals surface area contributed by atoms with E-state index in [2.05, 4.69) is 5.32 Å². The largest absolute Gasteiger partial charge is 1.00 e. The van der Waals surface area contributed by atoms with Crippen LogP contribution in [0.5, 0.6) is 0 Å². The zero-order valence-electron chi connectivity index (χ0n) is 6.47. The van der Waals surface area contributed by atoms with Gasteiger partial charge in [0.05, 0.1) is 6.67 Å². The van der Waals surface area contributed by atoms with Crippen LogP contribution in [-0.2, 0) is 0 Å². The molecular formula is C3H6Cl2N3NaO. The Kier molecular flexibility index (Phi) is 5.02. The van der Waals surface area contributed by atoms with Crippen molar-refractivity contribution >= 4 is 29.6 Å². The minimum absolute atomic E-state index is 0. The Morgan fingerprint density at radius 1 is 1.60 bits per heavy atom. The Labute approximate surface area is 92.4 Å². The van der Waals surface area contributed by atoms with Crippen LogP contribution >= 0.6 is 23.6 Å². The molecular weight excluding hydrogens is 188 g/mol. The van der Waals surface area contributed by atoms with Crippen LogP contribution < -0.4 is 34.9 Å². The van der Waals surface area contributed by atoms with Gasteiger partial charge in [-0.25, -0.2) is 9.21 Å². The van der Waals surface area contributed by atoms with Crippen LogP contribution in [0.4, 0.5) is 4.79 Å². The number of carbonyl (C=O) groups is 1. The molecule has 0 spiro atoms. The molecule has 0 aromatic rings. The SMILES string of the molecule is O=C1NCN(Cl)CN1Cl.[H-].[Na+]. The molecule has 1 fully saturated rings. The van der Waals surface area contributed by atoms with Crippen molar-refractivity contribution in [2.75, 3.05) is 13.3 Å². The number of hydrogen-bond acceptors (Lipinski definition) is 2. The van der Waals surface area contributed by atoms with Gasteiger partial charge in [0.25, 0.3) is 0 Å². The molecule has 7 heteroatoms. The summed E-state index contributed by atoms with van der Waals surface area (Å²) in [6.07, 6.45) is 0. The van der Waals surface area contributed by atoms with Crippen molar-refractivity contribution in [1.29, 1.82) is 0 Å². The molecule has 1 aliphatic rings. The molecule has 1 rings (SSSR count). The first-order valence-electron chi connectivity index (χ1n) is 2.32. The van der Waals surface area contributed by atoms with E-state index in [4.69, 9.17) is 23.6 Å². The topological polar surface area (TPSA) is 35.6 Å². The molecule has 1 N–H and O–H groups in total. The van der Waals surface area contributed by atoms with Gasteiger partial charge in [-0.05, 0) is 11.8 Å². The van der Waals surface area contributed by atoms with Crippen LogP contribution in [0.15, 0.2) is 0 Å². The third-order valence-corrected chi connectivity index (χ3v) is 1.39. The van der Waals surface area contributed by atoms with Crippen LogP contribution in [0.3, 0.4) is 0 Å². The van der Waals surface area contributed by atoms with E-state index in [-0.39, 0.29) is 43.7 Å². The first kappa shape index (κ1) is 10.8. The zero-order chi connectivity index (χ0) is 6.85. The minimum Gasteiger partial charge on any atom is -1.00 e. The van der Waals surface area contributed by atoms with Crippen LogP contribution in [0.2, 0.25) is 0 Å². The number of nitrogens with zero attached hydrogens (tertiary/aromatic N) is 2. The van der Waals surface area contributed by atoms with Crippen molar-refractivity contribution in [3.05, 3.63) is 0 Å². The normalized spacial score (nSPS) is 19.8. The molecule has 1 aliphatic heterocycles. The Morgan fingerprint density at radius 2 is 2.20 bits per heavy atom. The van der Waals surface area contributed by atoms with Gasteiger partial charge in [-0.3, -0.25) is 0 Å². The summed E-state index contributed by atoms with van der Waals surface area (Å²) in [4.78, 5) is 10.5. The fourth-order valence-electron chi connectivity index (χ4n) is 0.488. The second-order valence-electron chi connectivity index (χ2n) is 1.61. The minimum atomic E-state index is -0.312. The van der Waals surface area contributed by atoms with Gasteiger partial charge in [0.1, 0.15) is 6.67 Å². The Bertz CT molecular complexity index is 140. The smallest absolute Gasteiger partial charge is 1.00 e. The summed E-state index contributed by atoms with van der Waals surface area (Å²) in [7, 11) is 0. The number of urea groups is 1. The summed E-state index contributed by atoms with van der Waals surface area (Å²) in [6, 6.07) is -0.312. The van der Waals surface area contributed by atoms with E-state index < -0.39 is 0 Å². The maximum atomic E-state index is 10.5. The van der Waals surface area contributed by atoms with Crippen LogP contribution in [0.25, 0.3) is 0 Å². The van der Waals surface area contributed by atoms with Crippen LogP contribution in [-0.4, -0.2) is 28.2 Å². The van der Waals surface area contributed by atoms with Crippen molar-refractivity contribution in [1.82, 2.24) is 14.2 Å². The molecule has 0 saturated carbocycles. The number of nitrogens with one attached hydrogen (secondary N) is 1. The Morgan fingerprint density at radius 3 is 2.60 bits per heavy atom. The average Bonchev–Trinajstić information content (AvgIpc) is 1.80. The maximum absolute atomic E-state index is 10.5. The summed E-state index contributed by atoms with van der Waals surface area (Å²) in [6.45, 7) is 0.582. The monoisotopic (exact) mass is 193 g/mol. The van der Waals surface area contributed by atoms with Gasteiger partial charge >= 0.3 is 35.6 Å². The van der Waals surface area contributed by atoms with Crippen LogP contribution in [0, 0.1) is 0 Å². The summed E-state index contributed by atoms with van der Waals surface area (Å²) in [5.41, 5.74) is 0. The van der Waals surface area contributed by atoms with E-state index >= 15 is 0 Å². The first-order valence-corrected chi connectivity index (χ1v) is 2.99. The van der Waals surface area contributed by atoms with Gasteiger partial charge in [0, 0.05) is 11.8 Å². The van der Waals surface area contributed by atoms with Crippen molar-refractivity contribution in [3.8, 4) is 0 Å². The molecule has 0 aromatic heterocycles. The van der Waals surface area contributed by atoms with E-state index in [0.717, 1.165) is 4.42 Å². The van der Waals surface area contributed by atoms with Crippen molar-refractivity contribution < 1.29 is 35.8 Å². The van der Waals surface area contributed by atoms with Gasteiger partial charge in [-0.1, -0.05) is 0 Å². The second-order valence-corrected chi connectivity index (χ2v) is 2.49. The maximum Gasteiger partial charge on any atom is 1.00 e. The number of hydrogen-bond donors (Lipinski definition) is 1. The molecule has 0 radical (unpaired) electrons. The fourth-order valence-corrected chi connectivity index (χ4v) is 0.898. The summed E-state index contributed by atoms with van der Waals surface area (Å²) >= 11 is 10.8. The van der Waals surface area contributed by atoms with Crippen molar-refractivity contribution in [3.63, 3.8) is 0 Å². The molecule has 1 heterocycles. The van der Waals surface area contributed by atoms with E-state index in [1.165, 1.54) is 4.42 Å². The van der Waals surface area contributed by atoms with Crippen LogP contribution in [0.1, 0.15) is 1.43 Å². The van der Waals surface area contributed by atoms with Gasteiger partial charge in [0.2, 0.25) is 0 Å². The molecule has 0 atom stereocenters. The van der Waals surface area contributed by atoms with Crippen molar-refractivity contribution in [2.45, 2.75) is 0 Å². The molecule has 4 nitrogen and oxygen atoms in total. The predicted molar refractivity (Wildman–Crippen MR) is 34.8 cm³/mol. The Hall–Kier alpha value is 0.810. The molecule has 10 heavy (non-hydrogen) atoms. The number of carbonyl (C=O) groups excluding carboxylic acids is 1. The molecule has 0 bridgehead atoms. The molecule has 54 valence electrons. The number of amides is 2. The standard InChI is InChI=1S/C3H5Cl2N3O.Na.H/c4-7-1-6-3(9)8(5)2-7;;/h1-2H2,(H,6,9);;/q;+1;-1. The number of halogens is 2. The van der Waals surface area contributed by atoms with Gasteiger partial charge in [0.15, 0.2) is 0 Å². The fraction of sp³-hybridized carbons (Fsp3) is 0.667. The summed E-state index contributed by atoms with van der Waals surface area (Å²) in [5.74, 6) is 0. The third-order valence-electron chi connectivity index (χ3n) is 0.900. The average molecular weight is 194 g/mol. The summed E-state index contributed by atoms with van der Waals surface area (Å²) in [5, 5.41) is 2.43. The molecule has 2 amide bonds. The van der Waals surface area contributed by atoms with Gasteiger partial charge < -0.3 is 6.74 Å². The first-order chi connectivity index (χ1) is 4.20. The quantitative estimate of drug-likeness (QED) is 0.346. The van der Waals surface area contributed by atoms with E-state index in [0.29, 0.717) is 6.67 Å². The third kappa shape index (κ3) is 2.82. The predicted octanol–water partition coefficient (Wildman–Crippen LogP) is -2.35. The van der Waals surface area contributed by atoms with E-state index in [9.17, 15) is 4.79 Å². The molecule has 0 aliphatic carbocycles. The Balaban J connectivity index is 0. The van der Waals surface area contributed by atoms with Gasteiger partial charge in [-0.15, -0.1) is 0 Å². The van der Waals surface area contributed by atoms with E-state index in [1.807, 2.05) is 0 Å². The second kappa shape index (κ2) is 4.64. The molecule has 1 saturated heterocycles. The molecule has 0 unspecified atom stereocenters. The zero-order valence-corrected chi connectivity index (χ0v) is 8.98. The van der Waals surface area contributed by atoms with Crippen molar-refractivity contribution in [2.24, 2.45) is 0 Å². The van der Waals surface area contributed by atoms with E-state index in [1.54, 1.807) is 0 Å². The van der Waals surface area contributed by atoms with Gasteiger partial charge in [-0.2, -0.15) is 4.42 Å². The summed E-state index contributed by atoms with van der Waals surface area (Å²) < 4.78 is 2.32. The number of rotatable bonds is 0. The molecule has 0 aromatic carbocycles.